The van der Waals surface area contributed by atoms with Crippen LogP contribution in [0.1, 0.15) is 40.0 Å². The first-order chi connectivity index (χ1) is 9.49. The Morgan fingerprint density at radius 1 is 1.25 bits per heavy atom. The van der Waals surface area contributed by atoms with Crippen molar-refractivity contribution in [2.24, 2.45) is 11.8 Å². The first-order valence-electron chi connectivity index (χ1n) is 7.81. The van der Waals surface area contributed by atoms with Crippen LogP contribution in [0.3, 0.4) is 0 Å². The number of aliphatic hydroxyl groups excluding tert-OH is 2. The van der Waals surface area contributed by atoms with Gasteiger partial charge in [0.15, 0.2) is 0 Å². The molecular formula is C16H31NO3. The van der Waals surface area contributed by atoms with E-state index in [4.69, 9.17) is 4.74 Å². The summed E-state index contributed by atoms with van der Waals surface area (Å²) < 4.78 is 5.65. The van der Waals surface area contributed by atoms with Crippen LogP contribution in [0.4, 0.5) is 0 Å². The Balaban J connectivity index is 2.07. The normalized spacial score (nSPS) is 27.2. The first-order valence-corrected chi connectivity index (χ1v) is 7.81. The number of ether oxygens (including phenoxy) is 1. The monoisotopic (exact) mass is 285 g/mol. The van der Waals surface area contributed by atoms with Crippen LogP contribution < -0.4 is 5.32 Å². The number of allylic oxidation sites excluding steroid dienone is 2. The molecule has 4 heteroatoms. The van der Waals surface area contributed by atoms with Gasteiger partial charge in [-0.3, -0.25) is 0 Å². The van der Waals surface area contributed by atoms with Gasteiger partial charge in [-0.1, -0.05) is 19.1 Å². The van der Waals surface area contributed by atoms with Crippen LogP contribution in [0.5, 0.6) is 0 Å². The highest BCUT2D eigenvalue weighted by molar-refractivity contribution is 4.93. The highest BCUT2D eigenvalue weighted by Crippen LogP contribution is 2.24. The molecule has 20 heavy (non-hydrogen) atoms. The fourth-order valence-electron chi connectivity index (χ4n) is 2.59. The minimum atomic E-state index is -0.485. The summed E-state index contributed by atoms with van der Waals surface area (Å²) in [5.74, 6) is 1.25. The van der Waals surface area contributed by atoms with Gasteiger partial charge < -0.3 is 20.3 Å². The predicted molar refractivity (Wildman–Crippen MR) is 81.6 cm³/mol. The lowest BCUT2D eigenvalue weighted by atomic mass is 9.85. The van der Waals surface area contributed by atoms with Gasteiger partial charge in [-0.05, 0) is 44.9 Å². The molecule has 0 saturated carbocycles. The lowest BCUT2D eigenvalue weighted by Crippen LogP contribution is -2.37. The van der Waals surface area contributed by atoms with E-state index in [0.717, 1.165) is 19.4 Å². The summed E-state index contributed by atoms with van der Waals surface area (Å²) in [4.78, 5) is 0. The summed E-state index contributed by atoms with van der Waals surface area (Å²) in [5.41, 5.74) is 0. The summed E-state index contributed by atoms with van der Waals surface area (Å²) in [7, 11) is 0. The lowest BCUT2D eigenvalue weighted by Gasteiger charge is -2.25. The fraction of sp³-hybridized carbons (Fsp3) is 0.875. The molecule has 0 fully saturated rings. The Labute approximate surface area is 123 Å². The van der Waals surface area contributed by atoms with E-state index in [1.165, 1.54) is 0 Å². The summed E-state index contributed by atoms with van der Waals surface area (Å²) in [5, 5.41) is 22.3. The van der Waals surface area contributed by atoms with Crippen LogP contribution in [0, 0.1) is 11.8 Å². The van der Waals surface area contributed by atoms with Crippen LogP contribution in [-0.2, 0) is 4.74 Å². The standard InChI is InChI=1S/C16H31NO3/c1-12-6-4-5-7-15(12)10-20-11-16(19)9-17-13(2)8-14(3)18/h4-5,12-19H,6-11H2,1-3H3. The molecule has 0 aromatic heterocycles. The van der Waals surface area contributed by atoms with E-state index in [-0.39, 0.29) is 12.1 Å². The lowest BCUT2D eigenvalue weighted by molar-refractivity contribution is 0.0115. The third-order valence-corrected chi connectivity index (χ3v) is 3.96. The molecule has 0 bridgehead atoms. The Morgan fingerprint density at radius 2 is 1.95 bits per heavy atom. The van der Waals surface area contributed by atoms with E-state index >= 15 is 0 Å². The summed E-state index contributed by atoms with van der Waals surface area (Å²) in [6.45, 7) is 7.65. The van der Waals surface area contributed by atoms with Crippen molar-refractivity contribution in [2.75, 3.05) is 19.8 Å². The van der Waals surface area contributed by atoms with Gasteiger partial charge in [-0.2, -0.15) is 0 Å². The Hall–Kier alpha value is -0.420. The molecule has 0 aromatic carbocycles. The third kappa shape index (κ3) is 7.39. The van der Waals surface area contributed by atoms with Crippen LogP contribution in [0.15, 0.2) is 12.2 Å². The minimum Gasteiger partial charge on any atom is -0.393 e. The molecule has 0 heterocycles. The summed E-state index contributed by atoms with van der Waals surface area (Å²) >= 11 is 0. The minimum absolute atomic E-state index is 0.202. The molecule has 0 aliphatic heterocycles. The van der Waals surface area contributed by atoms with Gasteiger partial charge in [0.2, 0.25) is 0 Å². The molecule has 1 rings (SSSR count). The predicted octanol–water partition coefficient (Wildman–Crippen LogP) is 1.72. The summed E-state index contributed by atoms with van der Waals surface area (Å²) in [6, 6.07) is 0.202. The molecule has 0 amide bonds. The van der Waals surface area contributed by atoms with Crippen LogP contribution in [-0.4, -0.2) is 48.2 Å². The second-order valence-electron chi connectivity index (χ2n) is 6.27. The van der Waals surface area contributed by atoms with Crippen LogP contribution in [0.25, 0.3) is 0 Å². The zero-order valence-electron chi connectivity index (χ0n) is 13.1. The van der Waals surface area contributed by atoms with Crippen molar-refractivity contribution in [1.29, 1.82) is 0 Å². The molecule has 0 saturated heterocycles. The van der Waals surface area contributed by atoms with Crippen molar-refractivity contribution in [3.63, 3.8) is 0 Å². The van der Waals surface area contributed by atoms with Crippen molar-refractivity contribution in [2.45, 2.75) is 58.3 Å². The Kier molecular flexibility index (Phi) is 8.38. The van der Waals surface area contributed by atoms with E-state index in [1.54, 1.807) is 6.92 Å². The number of nitrogens with one attached hydrogen (secondary N) is 1. The van der Waals surface area contributed by atoms with Crippen LogP contribution in [0.2, 0.25) is 0 Å². The van der Waals surface area contributed by atoms with Gasteiger partial charge >= 0.3 is 0 Å². The Bertz CT molecular complexity index is 281. The third-order valence-electron chi connectivity index (χ3n) is 3.96. The summed E-state index contributed by atoms with van der Waals surface area (Å²) in [6.07, 6.45) is 6.58. The first kappa shape index (κ1) is 17.6. The van der Waals surface area contributed by atoms with Gasteiger partial charge in [0.05, 0.1) is 25.4 Å². The largest absolute Gasteiger partial charge is 0.393 e. The maximum Gasteiger partial charge on any atom is 0.0897 e. The quantitative estimate of drug-likeness (QED) is 0.565. The molecule has 5 atom stereocenters. The van der Waals surface area contributed by atoms with Crippen LogP contribution >= 0.6 is 0 Å². The van der Waals surface area contributed by atoms with E-state index in [0.29, 0.717) is 31.4 Å². The molecule has 118 valence electrons. The van der Waals surface area contributed by atoms with Crippen molar-refractivity contribution >= 4 is 0 Å². The average Bonchev–Trinajstić information content (AvgIpc) is 2.38. The highest BCUT2D eigenvalue weighted by Gasteiger charge is 2.18. The number of hydrogen-bond acceptors (Lipinski definition) is 4. The zero-order valence-corrected chi connectivity index (χ0v) is 13.1. The second-order valence-corrected chi connectivity index (χ2v) is 6.27. The molecule has 1 aliphatic rings. The Morgan fingerprint density at radius 3 is 2.60 bits per heavy atom. The topological polar surface area (TPSA) is 61.7 Å². The van der Waals surface area contributed by atoms with E-state index in [9.17, 15) is 10.2 Å². The van der Waals surface area contributed by atoms with Crippen molar-refractivity contribution in [3.8, 4) is 0 Å². The maximum atomic E-state index is 9.86. The van der Waals surface area contributed by atoms with Gasteiger partial charge in [0, 0.05) is 12.6 Å². The molecule has 1 aliphatic carbocycles. The van der Waals surface area contributed by atoms with Gasteiger partial charge in [0.1, 0.15) is 0 Å². The number of hydrogen-bond donors (Lipinski definition) is 3. The van der Waals surface area contributed by atoms with E-state index < -0.39 is 6.10 Å². The molecule has 3 N–H and O–H groups in total. The molecule has 0 spiro atoms. The van der Waals surface area contributed by atoms with Crippen molar-refractivity contribution in [1.82, 2.24) is 5.32 Å². The number of rotatable bonds is 9. The molecule has 4 nitrogen and oxygen atoms in total. The molecule has 0 aromatic rings. The van der Waals surface area contributed by atoms with Crippen molar-refractivity contribution < 1.29 is 14.9 Å². The molecule has 5 unspecified atom stereocenters. The molecular weight excluding hydrogens is 254 g/mol. The zero-order chi connectivity index (χ0) is 15.0. The second kappa shape index (κ2) is 9.50. The SMILES string of the molecule is CC(O)CC(C)NCC(O)COCC1CC=CCC1C. The maximum absolute atomic E-state index is 9.86. The van der Waals surface area contributed by atoms with Crippen molar-refractivity contribution in [3.05, 3.63) is 12.2 Å². The highest BCUT2D eigenvalue weighted by atomic mass is 16.5. The molecule has 0 radical (unpaired) electrons. The van der Waals surface area contributed by atoms with E-state index in [2.05, 4.69) is 24.4 Å². The van der Waals surface area contributed by atoms with E-state index in [1.807, 2.05) is 6.92 Å². The number of aliphatic hydroxyl groups is 2. The average molecular weight is 285 g/mol. The van der Waals surface area contributed by atoms with Gasteiger partial charge in [-0.25, -0.2) is 0 Å². The fourth-order valence-corrected chi connectivity index (χ4v) is 2.59. The van der Waals surface area contributed by atoms with Gasteiger partial charge in [-0.15, -0.1) is 0 Å². The smallest absolute Gasteiger partial charge is 0.0897 e. The van der Waals surface area contributed by atoms with Gasteiger partial charge in [0.25, 0.3) is 0 Å².